The molecule has 25 heavy (non-hydrogen) atoms. The van der Waals surface area contributed by atoms with Crippen molar-refractivity contribution in [3.63, 3.8) is 0 Å². The Morgan fingerprint density at radius 3 is 2.60 bits per heavy atom. The molecule has 1 N–H and O–H groups in total. The normalized spacial score (nSPS) is 12.5. The van der Waals surface area contributed by atoms with Crippen molar-refractivity contribution in [3.8, 4) is 11.4 Å². The molecule has 130 valence electrons. The van der Waals surface area contributed by atoms with E-state index in [9.17, 15) is 0 Å². The van der Waals surface area contributed by atoms with Gasteiger partial charge in [-0.3, -0.25) is 0 Å². The molecule has 4 nitrogen and oxygen atoms in total. The molecular weight excluding hydrogens is 402 g/mol. The van der Waals surface area contributed by atoms with E-state index in [0.717, 1.165) is 15.1 Å². The summed E-state index contributed by atoms with van der Waals surface area (Å²) in [5.41, 5.74) is 2.11. The van der Waals surface area contributed by atoms with E-state index in [4.69, 9.17) is 16.1 Å². The van der Waals surface area contributed by atoms with Crippen LogP contribution >= 0.6 is 27.5 Å². The van der Waals surface area contributed by atoms with E-state index in [1.807, 2.05) is 48.5 Å². The highest BCUT2D eigenvalue weighted by atomic mass is 79.9. The van der Waals surface area contributed by atoms with Crippen molar-refractivity contribution in [1.82, 2.24) is 15.5 Å². The summed E-state index contributed by atoms with van der Waals surface area (Å²) in [6, 6.07) is 15.9. The zero-order chi connectivity index (χ0) is 17.8. The first-order valence-corrected chi connectivity index (χ1v) is 9.27. The Morgan fingerprint density at radius 1 is 1.16 bits per heavy atom. The van der Waals surface area contributed by atoms with Gasteiger partial charge in [-0.15, -0.1) is 0 Å². The average molecular weight is 421 g/mol. The van der Waals surface area contributed by atoms with Gasteiger partial charge in [0, 0.05) is 21.1 Å². The monoisotopic (exact) mass is 419 g/mol. The van der Waals surface area contributed by atoms with Crippen LogP contribution in [-0.2, 0) is 6.54 Å². The van der Waals surface area contributed by atoms with Crippen LogP contribution in [0.2, 0.25) is 5.02 Å². The molecule has 1 aromatic heterocycles. The maximum atomic E-state index is 5.98. The number of benzene rings is 2. The van der Waals surface area contributed by atoms with Gasteiger partial charge < -0.3 is 9.84 Å². The van der Waals surface area contributed by atoms with Crippen LogP contribution in [0.5, 0.6) is 0 Å². The fourth-order valence-electron chi connectivity index (χ4n) is 2.68. The average Bonchev–Trinajstić information content (AvgIpc) is 3.05. The SMILES string of the molecule is CC(C)[C@H](NCc1nc(-c2cccc(Br)c2)no1)c1ccc(Cl)cc1. The molecule has 0 unspecified atom stereocenters. The lowest BCUT2D eigenvalue weighted by atomic mass is 9.96. The third kappa shape index (κ3) is 4.69. The summed E-state index contributed by atoms with van der Waals surface area (Å²) in [6.07, 6.45) is 0. The van der Waals surface area contributed by atoms with E-state index in [1.165, 1.54) is 5.56 Å². The Bertz CT molecular complexity index is 833. The lowest BCUT2D eigenvalue weighted by molar-refractivity contribution is 0.338. The first-order valence-electron chi connectivity index (χ1n) is 8.10. The van der Waals surface area contributed by atoms with Crippen molar-refractivity contribution < 1.29 is 4.52 Å². The molecule has 3 rings (SSSR count). The van der Waals surface area contributed by atoms with Crippen LogP contribution in [0.3, 0.4) is 0 Å². The van der Waals surface area contributed by atoms with Crippen molar-refractivity contribution in [3.05, 3.63) is 69.5 Å². The quantitative estimate of drug-likeness (QED) is 0.560. The number of nitrogens with one attached hydrogen (secondary N) is 1. The number of rotatable bonds is 6. The standard InChI is InChI=1S/C19H19BrClN3O/c1-12(2)18(13-6-8-16(21)9-7-13)22-11-17-23-19(24-25-17)14-4-3-5-15(20)10-14/h3-10,12,18,22H,11H2,1-2H3/t18-/m0/s1. The topological polar surface area (TPSA) is 51.0 Å². The summed E-state index contributed by atoms with van der Waals surface area (Å²) in [7, 11) is 0. The van der Waals surface area contributed by atoms with Gasteiger partial charge >= 0.3 is 0 Å². The third-order valence-electron chi connectivity index (χ3n) is 3.92. The lowest BCUT2D eigenvalue weighted by Gasteiger charge is -2.22. The van der Waals surface area contributed by atoms with Gasteiger partial charge in [-0.2, -0.15) is 4.98 Å². The minimum absolute atomic E-state index is 0.179. The van der Waals surface area contributed by atoms with Crippen molar-refractivity contribution in [2.45, 2.75) is 26.4 Å². The highest BCUT2D eigenvalue weighted by Gasteiger charge is 2.17. The molecular formula is C19H19BrClN3O. The summed E-state index contributed by atoms with van der Waals surface area (Å²) in [5.74, 6) is 1.56. The van der Waals surface area contributed by atoms with Crippen molar-refractivity contribution in [2.75, 3.05) is 0 Å². The van der Waals surface area contributed by atoms with Crippen molar-refractivity contribution in [1.29, 1.82) is 0 Å². The second-order valence-electron chi connectivity index (χ2n) is 6.18. The van der Waals surface area contributed by atoms with Crippen molar-refractivity contribution in [2.24, 2.45) is 5.92 Å². The predicted molar refractivity (Wildman–Crippen MR) is 103 cm³/mol. The number of hydrogen-bond donors (Lipinski definition) is 1. The Morgan fingerprint density at radius 2 is 1.92 bits per heavy atom. The zero-order valence-corrected chi connectivity index (χ0v) is 16.4. The van der Waals surface area contributed by atoms with E-state index < -0.39 is 0 Å². The molecule has 0 saturated heterocycles. The van der Waals surface area contributed by atoms with E-state index >= 15 is 0 Å². The molecule has 1 atom stereocenters. The van der Waals surface area contributed by atoms with Gasteiger partial charge in [0.2, 0.25) is 11.7 Å². The number of nitrogens with zero attached hydrogens (tertiary/aromatic N) is 2. The lowest BCUT2D eigenvalue weighted by Crippen LogP contribution is -2.25. The Balaban J connectivity index is 1.70. The Hall–Kier alpha value is -1.69. The second-order valence-corrected chi connectivity index (χ2v) is 7.53. The Kier molecular flexibility index (Phi) is 5.89. The molecule has 1 heterocycles. The van der Waals surface area contributed by atoms with E-state index in [2.05, 4.69) is 45.2 Å². The van der Waals surface area contributed by atoms with Crippen LogP contribution in [0.1, 0.15) is 31.3 Å². The third-order valence-corrected chi connectivity index (χ3v) is 4.67. The van der Waals surface area contributed by atoms with Gasteiger partial charge in [0.15, 0.2) is 0 Å². The maximum absolute atomic E-state index is 5.98. The molecule has 0 spiro atoms. The molecule has 0 aliphatic heterocycles. The van der Waals surface area contributed by atoms with Gasteiger partial charge in [-0.05, 0) is 35.7 Å². The molecule has 2 aromatic carbocycles. The van der Waals surface area contributed by atoms with Crippen LogP contribution in [0, 0.1) is 5.92 Å². The maximum Gasteiger partial charge on any atom is 0.240 e. The first kappa shape index (κ1) is 18.1. The van der Waals surface area contributed by atoms with E-state index in [-0.39, 0.29) is 6.04 Å². The number of halogens is 2. The summed E-state index contributed by atoms with van der Waals surface area (Å²) in [4.78, 5) is 4.48. The molecule has 3 aromatic rings. The molecule has 0 saturated carbocycles. The number of aromatic nitrogens is 2. The largest absolute Gasteiger partial charge is 0.338 e. The van der Waals surface area contributed by atoms with Crippen LogP contribution in [0.25, 0.3) is 11.4 Å². The molecule has 0 bridgehead atoms. The molecule has 0 fully saturated rings. The highest BCUT2D eigenvalue weighted by Crippen LogP contribution is 2.24. The van der Waals surface area contributed by atoms with Gasteiger partial charge in [0.05, 0.1) is 6.54 Å². The fourth-order valence-corrected chi connectivity index (χ4v) is 3.20. The first-order chi connectivity index (χ1) is 12.0. The van der Waals surface area contributed by atoms with E-state index in [0.29, 0.717) is 24.2 Å². The predicted octanol–water partition coefficient (Wildman–Crippen LogP) is 5.64. The van der Waals surface area contributed by atoms with Gasteiger partial charge in [0.25, 0.3) is 0 Å². The van der Waals surface area contributed by atoms with Crippen molar-refractivity contribution >= 4 is 27.5 Å². The molecule has 0 amide bonds. The summed E-state index contributed by atoms with van der Waals surface area (Å²) < 4.78 is 6.37. The summed E-state index contributed by atoms with van der Waals surface area (Å²) in [6.45, 7) is 4.85. The van der Waals surface area contributed by atoms with Gasteiger partial charge in [0.1, 0.15) is 0 Å². The van der Waals surface area contributed by atoms with Gasteiger partial charge in [-0.25, -0.2) is 0 Å². The zero-order valence-electron chi connectivity index (χ0n) is 14.0. The smallest absolute Gasteiger partial charge is 0.240 e. The fraction of sp³-hybridized carbons (Fsp3) is 0.263. The second kappa shape index (κ2) is 8.13. The highest BCUT2D eigenvalue weighted by molar-refractivity contribution is 9.10. The minimum Gasteiger partial charge on any atom is -0.338 e. The van der Waals surface area contributed by atoms with Gasteiger partial charge in [-0.1, -0.05) is 70.8 Å². The molecule has 0 radical (unpaired) electrons. The summed E-state index contributed by atoms with van der Waals surface area (Å²) >= 11 is 9.44. The molecule has 0 aliphatic rings. The van der Waals surface area contributed by atoms with E-state index in [1.54, 1.807) is 0 Å². The molecule has 6 heteroatoms. The van der Waals surface area contributed by atoms with Crippen LogP contribution < -0.4 is 5.32 Å². The van der Waals surface area contributed by atoms with Crippen LogP contribution in [-0.4, -0.2) is 10.1 Å². The van der Waals surface area contributed by atoms with Crippen LogP contribution in [0.15, 0.2) is 57.5 Å². The molecule has 0 aliphatic carbocycles. The van der Waals surface area contributed by atoms with Crippen LogP contribution in [0.4, 0.5) is 0 Å². The Labute approximate surface area is 160 Å². The number of hydrogen-bond acceptors (Lipinski definition) is 4. The minimum atomic E-state index is 0.179. The summed E-state index contributed by atoms with van der Waals surface area (Å²) in [5, 5.41) is 8.31.